The fourth-order valence-corrected chi connectivity index (χ4v) is 4.00. The summed E-state index contributed by atoms with van der Waals surface area (Å²) in [7, 11) is 0. The molecule has 108 valence electrons. The van der Waals surface area contributed by atoms with Gasteiger partial charge in [-0.25, -0.2) is 0 Å². The van der Waals surface area contributed by atoms with Crippen LogP contribution in [0.15, 0.2) is 32.2 Å². The van der Waals surface area contributed by atoms with Crippen LogP contribution in [0.4, 0.5) is 4.39 Å². The van der Waals surface area contributed by atoms with Gasteiger partial charge in [-0.1, -0.05) is 52.5 Å². The van der Waals surface area contributed by atoms with Crippen molar-refractivity contribution in [1.82, 2.24) is 4.98 Å². The molecule has 0 saturated heterocycles. The minimum absolute atomic E-state index is 0.422. The highest BCUT2D eigenvalue weighted by atomic mass is 79.9. The first-order valence-electron chi connectivity index (χ1n) is 4.97. The van der Waals surface area contributed by atoms with Crippen LogP contribution in [0.1, 0.15) is 0 Å². The molecular formula is C11H4Br2Cl4FNS. The predicted octanol–water partition coefficient (Wildman–Crippen LogP) is 7.66. The lowest BCUT2D eigenvalue weighted by Crippen LogP contribution is -1.95. The number of hydrogen-bond donors (Lipinski definition) is 1. The maximum Gasteiger partial charge on any atom is 0.310 e. The lowest BCUT2D eigenvalue weighted by molar-refractivity contribution is 0.515. The molecule has 0 unspecified atom stereocenters. The summed E-state index contributed by atoms with van der Waals surface area (Å²) in [5, 5.41) is 1.33. The molecule has 0 aliphatic carbocycles. The second-order valence-corrected chi connectivity index (χ2v) is 8.89. The van der Waals surface area contributed by atoms with Gasteiger partial charge in [-0.3, -0.25) is 0 Å². The minimum Gasteiger partial charge on any atom is -0.348 e. The molecule has 9 heteroatoms. The third kappa shape index (κ3) is 4.00. The largest absolute Gasteiger partial charge is 0.348 e. The predicted molar refractivity (Wildman–Crippen MR) is 93.1 cm³/mol. The summed E-state index contributed by atoms with van der Waals surface area (Å²) in [6, 6.07) is 5.16. The maximum atomic E-state index is 13.3. The lowest BCUT2D eigenvalue weighted by Gasteiger charge is -2.06. The summed E-state index contributed by atoms with van der Waals surface area (Å²) < 4.78 is 12.2. The molecule has 0 aliphatic heterocycles. The number of H-pyrrole nitrogens is 1. The Kier molecular flexibility index (Phi) is 5.67. The Bertz CT molecular complexity index is 657. The second kappa shape index (κ2) is 6.57. The van der Waals surface area contributed by atoms with E-state index in [2.05, 4.69) is 36.8 Å². The van der Waals surface area contributed by atoms with Gasteiger partial charge in [0.1, 0.15) is 0 Å². The molecule has 0 saturated carbocycles. The molecule has 2 aromatic rings. The van der Waals surface area contributed by atoms with Crippen LogP contribution in [0.5, 0.6) is 0 Å². The number of alkyl halides is 3. The minimum atomic E-state index is -2.43. The van der Waals surface area contributed by atoms with Crippen molar-refractivity contribution in [2.75, 3.05) is 0 Å². The van der Waals surface area contributed by atoms with Crippen LogP contribution in [0, 0.1) is 0 Å². The van der Waals surface area contributed by atoms with Crippen molar-refractivity contribution < 1.29 is 4.39 Å². The van der Waals surface area contributed by atoms with Gasteiger partial charge in [0.15, 0.2) is 0 Å². The number of aromatic nitrogens is 1. The van der Waals surface area contributed by atoms with E-state index in [0.29, 0.717) is 41.5 Å². The van der Waals surface area contributed by atoms with Crippen molar-refractivity contribution in [3.63, 3.8) is 0 Å². The third-order valence-electron chi connectivity index (χ3n) is 2.28. The monoisotopic (exact) mass is 499 g/mol. The zero-order valence-corrected chi connectivity index (χ0v) is 16.3. The summed E-state index contributed by atoms with van der Waals surface area (Å²) in [5.41, 5.74) is 1.49. The molecule has 0 amide bonds. The van der Waals surface area contributed by atoms with Gasteiger partial charge in [0, 0.05) is 5.56 Å². The van der Waals surface area contributed by atoms with E-state index < -0.39 is 3.92 Å². The molecule has 1 nitrogen and oxygen atoms in total. The van der Waals surface area contributed by atoms with Gasteiger partial charge in [0.25, 0.3) is 0 Å². The number of halogens is 7. The Morgan fingerprint density at radius 3 is 2.30 bits per heavy atom. The van der Waals surface area contributed by atoms with Crippen LogP contribution < -0.4 is 0 Å². The van der Waals surface area contributed by atoms with E-state index >= 15 is 0 Å². The first kappa shape index (κ1) is 17.3. The third-order valence-corrected chi connectivity index (χ3v) is 6.60. The van der Waals surface area contributed by atoms with Crippen molar-refractivity contribution in [2.45, 2.75) is 8.95 Å². The summed E-state index contributed by atoms with van der Waals surface area (Å²) in [4.78, 5) is 3.03. The van der Waals surface area contributed by atoms with E-state index in [-0.39, 0.29) is 0 Å². The van der Waals surface area contributed by atoms with Crippen LogP contribution in [-0.2, 0) is 0 Å². The Morgan fingerprint density at radius 1 is 1.10 bits per heavy atom. The van der Waals surface area contributed by atoms with Crippen LogP contribution in [-0.4, -0.2) is 8.90 Å². The molecule has 0 fully saturated rings. The van der Waals surface area contributed by atoms with Crippen molar-refractivity contribution in [2.24, 2.45) is 0 Å². The van der Waals surface area contributed by atoms with Gasteiger partial charge < -0.3 is 4.98 Å². The van der Waals surface area contributed by atoms with E-state index in [1.807, 2.05) is 0 Å². The second-order valence-electron chi connectivity index (χ2n) is 3.63. The number of thioether (sulfide) groups is 1. The van der Waals surface area contributed by atoms with E-state index in [1.54, 1.807) is 18.2 Å². The van der Waals surface area contributed by atoms with Gasteiger partial charge in [0.2, 0.25) is 0 Å². The number of rotatable bonds is 3. The molecule has 1 aromatic carbocycles. The normalized spacial score (nSPS) is 11.9. The maximum absolute atomic E-state index is 13.3. The van der Waals surface area contributed by atoms with Gasteiger partial charge >= 0.3 is 3.92 Å². The molecule has 0 atom stereocenters. The molecule has 1 heterocycles. The zero-order valence-electron chi connectivity index (χ0n) is 9.29. The average Bonchev–Trinajstić information content (AvgIpc) is 2.59. The smallest absolute Gasteiger partial charge is 0.310 e. The highest BCUT2D eigenvalue weighted by molar-refractivity contribution is 9.13. The highest BCUT2D eigenvalue weighted by Crippen LogP contribution is 2.48. The SMILES string of the molecule is FC(Cl)(Cl)Sc1[nH]c(-c2ccc(Cl)c(Cl)c2)c(Br)c1Br. The van der Waals surface area contributed by atoms with Crippen LogP contribution in [0.25, 0.3) is 11.3 Å². The van der Waals surface area contributed by atoms with Gasteiger partial charge in [0.05, 0.1) is 29.7 Å². The summed E-state index contributed by atoms with van der Waals surface area (Å²) in [6.45, 7) is 0. The summed E-state index contributed by atoms with van der Waals surface area (Å²) in [5.74, 6) is 0. The van der Waals surface area contributed by atoms with Crippen LogP contribution in [0.2, 0.25) is 10.0 Å². The molecule has 0 bridgehead atoms. The number of hydrogen-bond acceptors (Lipinski definition) is 1. The first-order chi connectivity index (χ1) is 9.19. The van der Waals surface area contributed by atoms with E-state index in [0.717, 1.165) is 5.56 Å². The number of aromatic amines is 1. The summed E-state index contributed by atoms with van der Waals surface area (Å²) in [6.07, 6.45) is 0. The van der Waals surface area contributed by atoms with Crippen LogP contribution >= 0.6 is 90.0 Å². The van der Waals surface area contributed by atoms with Crippen molar-refractivity contribution >= 4 is 90.0 Å². The van der Waals surface area contributed by atoms with E-state index in [1.165, 1.54) is 0 Å². The molecule has 1 aromatic heterocycles. The van der Waals surface area contributed by atoms with E-state index in [4.69, 9.17) is 46.4 Å². The fraction of sp³-hybridized carbons (Fsp3) is 0.0909. The van der Waals surface area contributed by atoms with Crippen molar-refractivity contribution in [1.29, 1.82) is 0 Å². The first-order valence-corrected chi connectivity index (χ1v) is 8.88. The Labute approximate surface area is 155 Å². The zero-order chi connectivity index (χ0) is 15.1. The van der Waals surface area contributed by atoms with Crippen molar-refractivity contribution in [3.05, 3.63) is 37.2 Å². The molecule has 20 heavy (non-hydrogen) atoms. The molecule has 0 spiro atoms. The quantitative estimate of drug-likeness (QED) is 0.336. The van der Waals surface area contributed by atoms with Crippen LogP contribution in [0.3, 0.4) is 0 Å². The summed E-state index contributed by atoms with van der Waals surface area (Å²) >= 11 is 30.0. The molecular weight excluding hydrogens is 499 g/mol. The fourth-order valence-electron chi connectivity index (χ4n) is 1.47. The topological polar surface area (TPSA) is 15.8 Å². The van der Waals surface area contributed by atoms with E-state index in [9.17, 15) is 4.39 Å². The van der Waals surface area contributed by atoms with Gasteiger partial charge in [-0.05, 0) is 55.8 Å². The standard InChI is InChI=1S/C11H4Br2Cl4FNS/c12-7-8(13)10(20-11(16,17)18)19-9(7)4-1-2-5(14)6(15)3-4/h1-3,19H. The van der Waals surface area contributed by atoms with Gasteiger partial charge in [-0.2, -0.15) is 4.39 Å². The number of benzene rings is 1. The molecule has 0 aliphatic rings. The Morgan fingerprint density at radius 2 is 1.75 bits per heavy atom. The molecule has 1 N–H and O–H groups in total. The highest BCUT2D eigenvalue weighted by Gasteiger charge is 2.28. The Hall–Kier alpha value is 0.900. The molecule has 0 radical (unpaired) electrons. The Balaban J connectivity index is 2.47. The molecule has 2 rings (SSSR count). The van der Waals surface area contributed by atoms with Gasteiger partial charge in [-0.15, -0.1) is 0 Å². The number of nitrogens with one attached hydrogen (secondary N) is 1. The lowest BCUT2D eigenvalue weighted by atomic mass is 10.1. The average molecular weight is 503 g/mol. The van der Waals surface area contributed by atoms with Crippen molar-refractivity contribution in [3.8, 4) is 11.3 Å².